The van der Waals surface area contributed by atoms with Crippen LogP contribution in [0.25, 0.3) is 0 Å². The van der Waals surface area contributed by atoms with Gasteiger partial charge in [-0.25, -0.2) is 9.97 Å². The number of hydrogen-bond donors (Lipinski definition) is 1. The number of para-hydroxylation sites is 1. The fourth-order valence-electron chi connectivity index (χ4n) is 2.20. The molecule has 20 heavy (non-hydrogen) atoms. The molecule has 3 rings (SSSR count). The second-order valence-corrected chi connectivity index (χ2v) is 4.64. The van der Waals surface area contributed by atoms with Gasteiger partial charge in [0.2, 0.25) is 0 Å². The molecule has 1 N–H and O–H groups in total. The first kappa shape index (κ1) is 12.9. The molecule has 0 aliphatic carbocycles. The van der Waals surface area contributed by atoms with Crippen molar-refractivity contribution in [2.45, 2.75) is 20.0 Å². The van der Waals surface area contributed by atoms with Crippen LogP contribution in [0, 0.1) is 6.92 Å². The lowest BCUT2D eigenvalue weighted by atomic mass is 10.1. The molecule has 0 saturated carbocycles. The summed E-state index contributed by atoms with van der Waals surface area (Å²) in [6, 6.07) is 7.89. The Balaban J connectivity index is 1.64. The van der Waals surface area contributed by atoms with E-state index in [0.29, 0.717) is 19.8 Å². The van der Waals surface area contributed by atoms with E-state index in [4.69, 9.17) is 9.47 Å². The van der Waals surface area contributed by atoms with Crippen molar-refractivity contribution in [2.75, 3.05) is 13.2 Å². The monoisotopic (exact) mass is 271 g/mol. The van der Waals surface area contributed by atoms with E-state index in [1.54, 1.807) is 6.20 Å². The molecular formula is C15H17N3O2. The van der Waals surface area contributed by atoms with Crippen LogP contribution in [0.15, 0.2) is 30.5 Å². The Bertz CT molecular complexity index is 601. The van der Waals surface area contributed by atoms with Crippen LogP contribution in [0.2, 0.25) is 0 Å². The summed E-state index contributed by atoms with van der Waals surface area (Å²) in [5, 5.41) is 3.37. The molecule has 0 fully saturated rings. The van der Waals surface area contributed by atoms with Gasteiger partial charge < -0.3 is 14.8 Å². The Labute approximate surface area is 118 Å². The normalized spacial score (nSPS) is 13.2. The largest absolute Gasteiger partial charge is 0.486 e. The molecule has 0 atom stereocenters. The number of hydrogen-bond acceptors (Lipinski definition) is 5. The van der Waals surface area contributed by atoms with Crippen molar-refractivity contribution < 1.29 is 9.47 Å². The molecule has 5 heteroatoms. The van der Waals surface area contributed by atoms with Gasteiger partial charge in [-0.15, -0.1) is 0 Å². The number of ether oxygens (including phenoxy) is 2. The number of nitrogens with one attached hydrogen (secondary N) is 1. The number of aromatic nitrogens is 2. The summed E-state index contributed by atoms with van der Waals surface area (Å²) in [6.07, 6.45) is 1.78. The van der Waals surface area contributed by atoms with E-state index in [9.17, 15) is 0 Å². The Hall–Kier alpha value is -2.14. The summed E-state index contributed by atoms with van der Waals surface area (Å²) < 4.78 is 11.3. The third kappa shape index (κ3) is 2.88. The summed E-state index contributed by atoms with van der Waals surface area (Å²) in [7, 11) is 0. The van der Waals surface area contributed by atoms with Crippen LogP contribution < -0.4 is 14.8 Å². The van der Waals surface area contributed by atoms with Gasteiger partial charge in [0.05, 0.1) is 5.69 Å². The lowest BCUT2D eigenvalue weighted by Crippen LogP contribution is -2.19. The smallest absolute Gasteiger partial charge is 0.165 e. The van der Waals surface area contributed by atoms with E-state index >= 15 is 0 Å². The van der Waals surface area contributed by atoms with Gasteiger partial charge in [0, 0.05) is 24.8 Å². The highest BCUT2D eigenvalue weighted by Crippen LogP contribution is 2.33. The molecule has 1 aliphatic rings. The highest BCUT2D eigenvalue weighted by molar-refractivity contribution is 5.47. The van der Waals surface area contributed by atoms with E-state index in [-0.39, 0.29) is 0 Å². The maximum atomic E-state index is 5.69. The molecule has 5 nitrogen and oxygen atoms in total. The van der Waals surface area contributed by atoms with Gasteiger partial charge in [0.1, 0.15) is 19.0 Å². The minimum atomic E-state index is 0.606. The Morgan fingerprint density at radius 1 is 1.15 bits per heavy atom. The zero-order valence-corrected chi connectivity index (χ0v) is 11.4. The molecule has 0 amide bonds. The Morgan fingerprint density at radius 3 is 2.95 bits per heavy atom. The fourth-order valence-corrected chi connectivity index (χ4v) is 2.20. The Kier molecular flexibility index (Phi) is 3.78. The second-order valence-electron chi connectivity index (χ2n) is 4.64. The molecule has 104 valence electrons. The number of benzene rings is 1. The molecule has 1 aliphatic heterocycles. The second kappa shape index (κ2) is 5.88. The van der Waals surface area contributed by atoms with Crippen LogP contribution >= 0.6 is 0 Å². The Morgan fingerprint density at radius 2 is 2.05 bits per heavy atom. The van der Waals surface area contributed by atoms with Crippen molar-refractivity contribution in [2.24, 2.45) is 0 Å². The highest BCUT2D eigenvalue weighted by Gasteiger charge is 2.14. The first-order chi connectivity index (χ1) is 9.83. The van der Waals surface area contributed by atoms with Crippen molar-refractivity contribution in [1.29, 1.82) is 0 Å². The minimum absolute atomic E-state index is 0.606. The van der Waals surface area contributed by atoms with Crippen molar-refractivity contribution in [3.8, 4) is 11.5 Å². The van der Waals surface area contributed by atoms with Crippen molar-refractivity contribution in [1.82, 2.24) is 15.3 Å². The number of nitrogens with zero attached hydrogens (tertiary/aromatic N) is 2. The fraction of sp³-hybridized carbons (Fsp3) is 0.333. The maximum Gasteiger partial charge on any atom is 0.165 e. The van der Waals surface area contributed by atoms with Gasteiger partial charge in [-0.05, 0) is 19.1 Å². The summed E-state index contributed by atoms with van der Waals surface area (Å²) in [5.41, 5.74) is 2.09. The average Bonchev–Trinajstić information content (AvgIpc) is 2.48. The topological polar surface area (TPSA) is 56.3 Å². The lowest BCUT2D eigenvalue weighted by Gasteiger charge is -2.21. The van der Waals surface area contributed by atoms with Crippen molar-refractivity contribution in [3.05, 3.63) is 47.5 Å². The van der Waals surface area contributed by atoms with E-state index in [2.05, 4.69) is 15.3 Å². The number of fused-ring (bicyclic) bond motifs is 1. The van der Waals surface area contributed by atoms with Gasteiger partial charge in [-0.2, -0.15) is 0 Å². The standard InChI is InChI=1S/C15H17N3O2/c1-11-17-6-5-13(18-11)10-16-9-12-3-2-4-14-15(12)20-8-7-19-14/h2-6,16H,7-10H2,1H3. The predicted octanol–water partition coefficient (Wildman–Crippen LogP) is 1.85. The molecule has 2 aromatic rings. The molecule has 0 radical (unpaired) electrons. The zero-order chi connectivity index (χ0) is 13.8. The lowest BCUT2D eigenvalue weighted by molar-refractivity contribution is 0.169. The van der Waals surface area contributed by atoms with Gasteiger partial charge in [0.25, 0.3) is 0 Å². The SMILES string of the molecule is Cc1nccc(CNCc2cccc3c2OCCO3)n1. The number of aryl methyl sites for hydroxylation is 1. The quantitative estimate of drug-likeness (QED) is 0.919. The van der Waals surface area contributed by atoms with Crippen LogP contribution in [0.3, 0.4) is 0 Å². The first-order valence-electron chi connectivity index (χ1n) is 6.69. The molecule has 2 heterocycles. The molecule has 0 spiro atoms. The molecule has 1 aromatic heterocycles. The van der Waals surface area contributed by atoms with Crippen LogP contribution in [0.4, 0.5) is 0 Å². The van der Waals surface area contributed by atoms with Crippen molar-refractivity contribution in [3.63, 3.8) is 0 Å². The van der Waals surface area contributed by atoms with Gasteiger partial charge >= 0.3 is 0 Å². The van der Waals surface area contributed by atoms with Crippen molar-refractivity contribution >= 4 is 0 Å². The predicted molar refractivity (Wildman–Crippen MR) is 74.7 cm³/mol. The van der Waals surface area contributed by atoms with Crippen LogP contribution in [-0.2, 0) is 13.1 Å². The number of rotatable bonds is 4. The maximum absolute atomic E-state index is 5.69. The average molecular weight is 271 g/mol. The summed E-state index contributed by atoms with van der Waals surface area (Å²) in [4.78, 5) is 8.45. The minimum Gasteiger partial charge on any atom is -0.486 e. The molecule has 0 saturated heterocycles. The highest BCUT2D eigenvalue weighted by atomic mass is 16.6. The summed E-state index contributed by atoms with van der Waals surface area (Å²) in [5.74, 6) is 2.47. The first-order valence-corrected chi connectivity index (χ1v) is 6.69. The van der Waals surface area contributed by atoms with Gasteiger partial charge in [0.15, 0.2) is 11.5 Å². The molecular weight excluding hydrogens is 254 g/mol. The third-order valence-electron chi connectivity index (χ3n) is 3.10. The summed E-state index contributed by atoms with van der Waals surface area (Å²) >= 11 is 0. The van der Waals surface area contributed by atoms with Crippen LogP contribution in [0.5, 0.6) is 11.5 Å². The van der Waals surface area contributed by atoms with E-state index in [1.807, 2.05) is 31.2 Å². The van der Waals surface area contributed by atoms with E-state index in [1.165, 1.54) is 0 Å². The van der Waals surface area contributed by atoms with E-state index in [0.717, 1.165) is 35.1 Å². The van der Waals surface area contributed by atoms with Gasteiger partial charge in [-0.1, -0.05) is 12.1 Å². The van der Waals surface area contributed by atoms with Crippen LogP contribution in [0.1, 0.15) is 17.1 Å². The van der Waals surface area contributed by atoms with Crippen LogP contribution in [-0.4, -0.2) is 23.2 Å². The molecule has 1 aromatic carbocycles. The molecule has 0 bridgehead atoms. The van der Waals surface area contributed by atoms with Gasteiger partial charge in [-0.3, -0.25) is 0 Å². The molecule has 0 unspecified atom stereocenters. The summed E-state index contributed by atoms with van der Waals surface area (Å²) in [6.45, 7) is 4.53. The van der Waals surface area contributed by atoms with E-state index < -0.39 is 0 Å². The third-order valence-corrected chi connectivity index (χ3v) is 3.10. The zero-order valence-electron chi connectivity index (χ0n) is 11.4.